The van der Waals surface area contributed by atoms with Crippen LogP contribution < -0.4 is 4.46 Å². The van der Waals surface area contributed by atoms with Crippen molar-refractivity contribution in [3.63, 3.8) is 0 Å². The summed E-state index contributed by atoms with van der Waals surface area (Å²) in [7, 11) is -2.03. The molecule has 4 aliphatic rings. The Labute approximate surface area is 213 Å². The van der Waals surface area contributed by atoms with Crippen molar-refractivity contribution in [1.29, 1.82) is 0 Å². The van der Waals surface area contributed by atoms with Crippen molar-refractivity contribution in [2.45, 2.75) is 113 Å². The van der Waals surface area contributed by atoms with Crippen LogP contribution in [0.5, 0.6) is 0 Å². The molecule has 1 saturated heterocycles. The van der Waals surface area contributed by atoms with Crippen LogP contribution in [0.4, 0.5) is 4.79 Å². The predicted molar refractivity (Wildman–Crippen MR) is 139 cm³/mol. The Hall–Kier alpha value is -0.814. The molecule has 2 spiro atoms. The van der Waals surface area contributed by atoms with E-state index in [0.717, 1.165) is 19.3 Å². The number of ether oxygens (including phenoxy) is 2. The fraction of sp³-hybridized carbons (Fsp3) is 0.750. The van der Waals surface area contributed by atoms with Crippen LogP contribution in [0.25, 0.3) is 0 Å². The molecule has 0 aromatic heterocycles. The molecule has 1 aliphatic heterocycles. The van der Waals surface area contributed by atoms with Crippen LogP contribution in [0.1, 0.15) is 72.6 Å². The van der Waals surface area contributed by atoms with E-state index in [2.05, 4.69) is 71.1 Å². The molecule has 34 heavy (non-hydrogen) atoms. The Morgan fingerprint density at radius 1 is 1.09 bits per heavy atom. The molecule has 0 amide bonds. The van der Waals surface area contributed by atoms with E-state index in [-0.39, 0.29) is 37.6 Å². The second kappa shape index (κ2) is 8.64. The Balaban J connectivity index is 1.66. The summed E-state index contributed by atoms with van der Waals surface area (Å²) in [5.74, 6) is 0.832. The van der Waals surface area contributed by atoms with Crippen LogP contribution in [0.2, 0.25) is 22.9 Å². The molecule has 1 aromatic carbocycles. The van der Waals surface area contributed by atoms with Crippen LogP contribution >= 0.6 is 0 Å². The first-order valence-corrected chi connectivity index (χ1v) is 18.0. The number of carbonyl (C=O) groups is 1. The molecular formula is C28H42O4SeSi. The molecule has 5 rings (SSSR count). The van der Waals surface area contributed by atoms with Gasteiger partial charge in [-0.15, -0.1) is 0 Å². The number of hydrogen-bond donors (Lipinski definition) is 0. The summed E-state index contributed by atoms with van der Waals surface area (Å²) in [4.78, 5) is 13.2. The van der Waals surface area contributed by atoms with Crippen molar-refractivity contribution >= 4 is 33.9 Å². The Morgan fingerprint density at radius 3 is 2.53 bits per heavy atom. The van der Waals surface area contributed by atoms with Gasteiger partial charge in [-0.2, -0.15) is 0 Å². The van der Waals surface area contributed by atoms with E-state index in [9.17, 15) is 4.79 Å². The molecule has 4 fully saturated rings. The Kier molecular flexibility index (Phi) is 6.32. The minimum atomic E-state index is -2.03. The van der Waals surface area contributed by atoms with Crippen molar-refractivity contribution in [2.24, 2.45) is 17.3 Å². The van der Waals surface area contributed by atoms with Crippen molar-refractivity contribution in [3.05, 3.63) is 30.3 Å². The van der Waals surface area contributed by atoms with Crippen molar-refractivity contribution in [3.8, 4) is 0 Å². The van der Waals surface area contributed by atoms with Crippen LogP contribution in [-0.4, -0.2) is 47.2 Å². The van der Waals surface area contributed by atoms with Crippen LogP contribution in [0, 0.1) is 17.3 Å². The molecule has 4 nitrogen and oxygen atoms in total. The summed E-state index contributed by atoms with van der Waals surface area (Å²) in [6.45, 7) is 14.1. The molecular weight excluding hydrogens is 507 g/mol. The fourth-order valence-electron chi connectivity index (χ4n) is 7.36. The van der Waals surface area contributed by atoms with Gasteiger partial charge in [0.1, 0.15) is 0 Å². The zero-order chi connectivity index (χ0) is 24.4. The minimum absolute atomic E-state index is 0.145. The van der Waals surface area contributed by atoms with Crippen LogP contribution in [0.3, 0.4) is 0 Å². The quantitative estimate of drug-likeness (QED) is 0.319. The van der Waals surface area contributed by atoms with E-state index in [1.54, 1.807) is 0 Å². The maximum atomic E-state index is 12.9. The number of carbonyl (C=O) groups excluding carboxylic acids is 1. The molecule has 188 valence electrons. The summed E-state index contributed by atoms with van der Waals surface area (Å²) in [6, 6.07) is 10.9. The van der Waals surface area contributed by atoms with Gasteiger partial charge in [-0.1, -0.05) is 0 Å². The van der Waals surface area contributed by atoms with Gasteiger partial charge >= 0.3 is 214 Å². The number of fused-ring (bicyclic) bond motifs is 1. The first-order chi connectivity index (χ1) is 16.0. The average molecular weight is 550 g/mol. The number of benzene rings is 1. The van der Waals surface area contributed by atoms with E-state index in [1.165, 1.54) is 30.1 Å². The average Bonchev–Trinajstić information content (AvgIpc) is 3.13. The second-order valence-corrected chi connectivity index (χ2v) is 20.3. The molecule has 3 aliphatic carbocycles. The maximum absolute atomic E-state index is 12.9. The van der Waals surface area contributed by atoms with E-state index >= 15 is 0 Å². The van der Waals surface area contributed by atoms with E-state index < -0.39 is 20.1 Å². The third-order valence-electron chi connectivity index (χ3n) is 9.83. The van der Waals surface area contributed by atoms with Gasteiger partial charge in [0.2, 0.25) is 0 Å². The molecule has 3 unspecified atom stereocenters. The van der Waals surface area contributed by atoms with Gasteiger partial charge in [0.05, 0.1) is 0 Å². The van der Waals surface area contributed by atoms with Gasteiger partial charge < -0.3 is 0 Å². The molecule has 2 bridgehead atoms. The third-order valence-corrected chi connectivity index (χ3v) is 17.3. The summed E-state index contributed by atoms with van der Waals surface area (Å²) >= 11 is 0.207. The van der Waals surface area contributed by atoms with Crippen molar-refractivity contribution < 1.29 is 18.7 Å². The Bertz CT molecular complexity index is 915. The van der Waals surface area contributed by atoms with Gasteiger partial charge in [-0.25, -0.2) is 0 Å². The molecule has 0 radical (unpaired) electrons. The van der Waals surface area contributed by atoms with Gasteiger partial charge in [0.25, 0.3) is 0 Å². The summed E-state index contributed by atoms with van der Waals surface area (Å²) in [6.07, 6.45) is 7.62. The van der Waals surface area contributed by atoms with Crippen molar-refractivity contribution in [1.82, 2.24) is 0 Å². The van der Waals surface area contributed by atoms with E-state index in [4.69, 9.17) is 13.9 Å². The molecule has 0 N–H and O–H groups in total. The molecule has 6 heteroatoms. The number of hydrogen-bond acceptors (Lipinski definition) is 4. The van der Waals surface area contributed by atoms with Crippen LogP contribution in [-0.2, 0) is 13.9 Å². The molecule has 1 aromatic rings. The summed E-state index contributed by atoms with van der Waals surface area (Å²) in [5, 5.41) is 0.145. The van der Waals surface area contributed by atoms with E-state index in [1.807, 2.05) is 0 Å². The molecule has 3 saturated carbocycles. The summed E-state index contributed by atoms with van der Waals surface area (Å²) < 4.78 is 21.5. The van der Waals surface area contributed by atoms with Gasteiger partial charge in [-0.05, 0) is 0 Å². The first kappa shape index (κ1) is 24.9. The van der Waals surface area contributed by atoms with Gasteiger partial charge in [0.15, 0.2) is 0 Å². The topological polar surface area (TPSA) is 44.8 Å². The zero-order valence-corrected chi connectivity index (χ0v) is 24.5. The molecule has 1 heterocycles. The Morgan fingerprint density at radius 2 is 1.82 bits per heavy atom. The number of rotatable bonds is 4. The monoisotopic (exact) mass is 550 g/mol. The van der Waals surface area contributed by atoms with Gasteiger partial charge in [-0.3, -0.25) is 0 Å². The zero-order valence-electron chi connectivity index (χ0n) is 21.8. The van der Waals surface area contributed by atoms with Crippen LogP contribution in [0.15, 0.2) is 30.3 Å². The van der Waals surface area contributed by atoms with E-state index in [0.29, 0.717) is 16.7 Å². The third kappa shape index (κ3) is 3.74. The fourth-order valence-corrected chi connectivity index (χ4v) is 11.9. The molecule has 7 atom stereocenters. The SMILES string of the molecule is C[C@@H]1CC23CCCCC(CC[C@H]([Se]c4ccccc4)[C@@]24OC(=O)O[C@@H]14)C3O[Si](C)(C)C(C)(C)C. The first-order valence-electron chi connectivity index (χ1n) is 13.3. The normalized spacial score (nSPS) is 39.9. The van der Waals surface area contributed by atoms with Gasteiger partial charge in [0, 0.05) is 0 Å². The predicted octanol–water partition coefficient (Wildman–Crippen LogP) is 6.48. The van der Waals surface area contributed by atoms with Crippen molar-refractivity contribution in [2.75, 3.05) is 0 Å². The summed E-state index contributed by atoms with van der Waals surface area (Å²) in [5.41, 5.74) is -0.719. The second-order valence-electron chi connectivity index (χ2n) is 12.8. The standard InChI is InChI=1S/C28H42O4SeSi/c1-19-18-27-17-11-10-12-20(24(27)32-34(5,6)26(2,3)4)15-16-22(33-21-13-8-7-9-14-21)28(27)23(19)30-25(29)31-28/h7-9,13-14,19-20,22-24H,10-12,15-18H2,1-6H3/t19-,20?,22+,23+,24?,27?,28+/m1/s1.